The normalized spacial score (nSPS) is 11.3. The van der Waals surface area contributed by atoms with Crippen molar-refractivity contribution in [2.75, 3.05) is 4.90 Å². The van der Waals surface area contributed by atoms with Gasteiger partial charge in [0.2, 0.25) is 0 Å². The molecule has 6 aromatic carbocycles. The van der Waals surface area contributed by atoms with E-state index in [1.807, 2.05) is 23.7 Å². The maximum atomic E-state index is 4.40. The molecule has 0 atom stereocenters. The van der Waals surface area contributed by atoms with Crippen LogP contribution in [0.5, 0.6) is 0 Å². The van der Waals surface area contributed by atoms with E-state index in [0.29, 0.717) is 0 Å². The Hall–Kier alpha value is -5.25. The molecule has 42 heavy (non-hydrogen) atoms. The van der Waals surface area contributed by atoms with Crippen molar-refractivity contribution in [1.82, 2.24) is 4.98 Å². The maximum absolute atomic E-state index is 4.40. The number of thiophene rings is 1. The van der Waals surface area contributed by atoms with Gasteiger partial charge in [0.25, 0.3) is 0 Å². The Morgan fingerprint density at radius 2 is 1.07 bits per heavy atom. The molecule has 0 amide bonds. The number of hydrogen-bond donors (Lipinski definition) is 0. The number of nitrogens with zero attached hydrogens (tertiary/aromatic N) is 2. The summed E-state index contributed by atoms with van der Waals surface area (Å²) in [6.07, 6.45) is 3.83. The third-order valence-corrected chi connectivity index (χ3v) is 9.06. The summed E-state index contributed by atoms with van der Waals surface area (Å²) >= 11 is 1.85. The monoisotopic (exact) mass is 554 g/mol. The van der Waals surface area contributed by atoms with Crippen molar-refractivity contribution in [2.24, 2.45) is 0 Å². The smallest absolute Gasteiger partial charge is 0.0554 e. The second kappa shape index (κ2) is 10.3. The number of aromatic nitrogens is 1. The second-order valence-electron chi connectivity index (χ2n) is 10.5. The Kier molecular flexibility index (Phi) is 6.02. The van der Waals surface area contributed by atoms with Crippen LogP contribution in [0.3, 0.4) is 0 Å². The fraction of sp³-hybridized carbons (Fsp3) is 0. The zero-order chi connectivity index (χ0) is 27.9. The number of benzene rings is 6. The van der Waals surface area contributed by atoms with Gasteiger partial charge in [-0.15, -0.1) is 11.3 Å². The molecule has 0 bridgehead atoms. The lowest BCUT2D eigenvalue weighted by atomic mass is 10.0. The van der Waals surface area contributed by atoms with Crippen molar-refractivity contribution in [2.45, 2.75) is 0 Å². The van der Waals surface area contributed by atoms with Crippen LogP contribution in [0.2, 0.25) is 0 Å². The van der Waals surface area contributed by atoms with E-state index in [4.69, 9.17) is 0 Å². The first-order valence-electron chi connectivity index (χ1n) is 14.1. The third kappa shape index (κ3) is 4.32. The zero-order valence-corrected chi connectivity index (χ0v) is 23.6. The van der Waals surface area contributed by atoms with E-state index in [-0.39, 0.29) is 0 Å². The standard InChI is InChI=1S/C39H26N2S/c1-3-8-27(9-4-1)29-14-18-33(19-15-29)41(34-20-16-30(17-21-34)28-10-5-2-6-11-28)36-12-7-13-37-39(36)35-24-32-26-40-23-22-31(32)25-38(35)42-37/h1-26H. The van der Waals surface area contributed by atoms with E-state index in [1.165, 1.54) is 53.5 Å². The van der Waals surface area contributed by atoms with Crippen LogP contribution >= 0.6 is 11.3 Å². The molecule has 2 heterocycles. The Morgan fingerprint density at radius 1 is 0.476 bits per heavy atom. The Labute approximate surface area is 248 Å². The summed E-state index contributed by atoms with van der Waals surface area (Å²) in [4.78, 5) is 6.79. The number of hydrogen-bond acceptors (Lipinski definition) is 3. The molecule has 0 saturated heterocycles. The van der Waals surface area contributed by atoms with E-state index < -0.39 is 0 Å². The number of rotatable bonds is 5. The van der Waals surface area contributed by atoms with Crippen LogP contribution in [0.25, 0.3) is 53.2 Å². The molecule has 198 valence electrons. The van der Waals surface area contributed by atoms with Gasteiger partial charge in [0.1, 0.15) is 0 Å². The number of anilines is 3. The fourth-order valence-electron chi connectivity index (χ4n) is 5.87. The van der Waals surface area contributed by atoms with E-state index in [9.17, 15) is 0 Å². The van der Waals surface area contributed by atoms with Gasteiger partial charge in [0.15, 0.2) is 0 Å². The molecular weight excluding hydrogens is 529 g/mol. The lowest BCUT2D eigenvalue weighted by Gasteiger charge is -2.27. The lowest BCUT2D eigenvalue weighted by Crippen LogP contribution is -2.10. The Balaban J connectivity index is 1.33. The SMILES string of the molecule is c1ccc(-c2ccc(N(c3ccc(-c4ccccc4)cc3)c3cccc4sc5cc6ccncc6cc5c34)cc2)cc1. The largest absolute Gasteiger partial charge is 0.310 e. The van der Waals surface area contributed by atoms with Crippen LogP contribution in [0.4, 0.5) is 17.1 Å². The molecule has 0 aliphatic rings. The first-order chi connectivity index (χ1) is 20.8. The summed E-state index contributed by atoms with van der Waals surface area (Å²) in [5.41, 5.74) is 8.26. The summed E-state index contributed by atoms with van der Waals surface area (Å²) in [7, 11) is 0. The predicted molar refractivity (Wildman–Crippen MR) is 180 cm³/mol. The molecule has 8 aromatic rings. The minimum Gasteiger partial charge on any atom is -0.310 e. The molecule has 2 nitrogen and oxygen atoms in total. The van der Waals surface area contributed by atoms with Crippen LogP contribution < -0.4 is 4.90 Å². The molecule has 3 heteroatoms. The molecule has 0 fully saturated rings. The van der Waals surface area contributed by atoms with Gasteiger partial charge >= 0.3 is 0 Å². The van der Waals surface area contributed by atoms with Crippen molar-refractivity contribution in [1.29, 1.82) is 0 Å². The van der Waals surface area contributed by atoms with Gasteiger partial charge in [0, 0.05) is 49.3 Å². The number of fused-ring (bicyclic) bond motifs is 4. The van der Waals surface area contributed by atoms with Crippen LogP contribution in [0.15, 0.2) is 158 Å². The summed E-state index contributed by atoms with van der Waals surface area (Å²) in [6.45, 7) is 0. The second-order valence-corrected chi connectivity index (χ2v) is 11.6. The van der Waals surface area contributed by atoms with Crippen LogP contribution in [-0.4, -0.2) is 4.98 Å². The average molecular weight is 555 g/mol. The quantitative estimate of drug-likeness (QED) is 0.210. The summed E-state index contributed by atoms with van der Waals surface area (Å²) in [6, 6.07) is 52.3. The molecule has 0 radical (unpaired) electrons. The minimum absolute atomic E-state index is 1.12. The van der Waals surface area contributed by atoms with Gasteiger partial charge in [-0.2, -0.15) is 0 Å². The highest BCUT2D eigenvalue weighted by Crippen LogP contribution is 2.46. The van der Waals surface area contributed by atoms with Gasteiger partial charge in [-0.1, -0.05) is 91.0 Å². The van der Waals surface area contributed by atoms with E-state index in [1.54, 1.807) is 0 Å². The summed E-state index contributed by atoms with van der Waals surface area (Å²) in [5.74, 6) is 0. The molecule has 0 aliphatic carbocycles. The van der Waals surface area contributed by atoms with Crippen LogP contribution in [0.1, 0.15) is 0 Å². The van der Waals surface area contributed by atoms with Crippen molar-refractivity contribution < 1.29 is 0 Å². The molecular formula is C39H26N2S. The van der Waals surface area contributed by atoms with E-state index >= 15 is 0 Å². The van der Waals surface area contributed by atoms with Gasteiger partial charge in [-0.25, -0.2) is 0 Å². The fourth-order valence-corrected chi connectivity index (χ4v) is 7.03. The first-order valence-corrected chi connectivity index (χ1v) is 14.9. The highest BCUT2D eigenvalue weighted by Gasteiger charge is 2.19. The maximum Gasteiger partial charge on any atom is 0.0554 e. The number of pyridine rings is 1. The topological polar surface area (TPSA) is 16.1 Å². The average Bonchev–Trinajstić information content (AvgIpc) is 3.43. The van der Waals surface area contributed by atoms with Crippen molar-refractivity contribution in [3.05, 3.63) is 158 Å². The highest BCUT2D eigenvalue weighted by atomic mass is 32.1. The Bertz CT molecular complexity index is 2080. The van der Waals surface area contributed by atoms with Gasteiger partial charge < -0.3 is 4.90 Å². The lowest BCUT2D eigenvalue weighted by molar-refractivity contribution is 1.30. The van der Waals surface area contributed by atoms with Gasteiger partial charge in [-0.3, -0.25) is 4.98 Å². The summed E-state index contributed by atoms with van der Waals surface area (Å²) < 4.78 is 2.56. The van der Waals surface area contributed by atoms with Crippen molar-refractivity contribution in [3.63, 3.8) is 0 Å². The summed E-state index contributed by atoms with van der Waals surface area (Å²) in [5, 5.41) is 4.90. The van der Waals surface area contributed by atoms with Gasteiger partial charge in [-0.05, 0) is 82.2 Å². The highest BCUT2D eigenvalue weighted by molar-refractivity contribution is 7.26. The predicted octanol–water partition coefficient (Wildman–Crippen LogP) is 11.4. The van der Waals surface area contributed by atoms with E-state index in [0.717, 1.165) is 16.8 Å². The van der Waals surface area contributed by atoms with Crippen LogP contribution in [0, 0.1) is 0 Å². The molecule has 0 unspecified atom stereocenters. The minimum atomic E-state index is 1.12. The van der Waals surface area contributed by atoms with Crippen molar-refractivity contribution in [3.8, 4) is 22.3 Å². The molecule has 8 rings (SSSR count). The molecule has 0 aliphatic heterocycles. The first kappa shape index (κ1) is 24.5. The Morgan fingerprint density at radius 3 is 1.69 bits per heavy atom. The molecule has 2 aromatic heterocycles. The molecule has 0 N–H and O–H groups in total. The van der Waals surface area contributed by atoms with Crippen LogP contribution in [-0.2, 0) is 0 Å². The third-order valence-electron chi connectivity index (χ3n) is 7.94. The molecule has 0 saturated carbocycles. The van der Waals surface area contributed by atoms with Crippen molar-refractivity contribution >= 4 is 59.3 Å². The van der Waals surface area contributed by atoms with Gasteiger partial charge in [0.05, 0.1) is 5.69 Å². The zero-order valence-electron chi connectivity index (χ0n) is 22.8. The molecule has 0 spiro atoms. The van der Waals surface area contributed by atoms with E-state index in [2.05, 4.69) is 155 Å².